The van der Waals surface area contributed by atoms with Crippen LogP contribution in [-0.4, -0.2) is 61.3 Å². The summed E-state index contributed by atoms with van der Waals surface area (Å²) >= 11 is 0. The molecule has 0 unspecified atom stereocenters. The van der Waals surface area contributed by atoms with Gasteiger partial charge in [-0.3, -0.25) is 0 Å². The van der Waals surface area contributed by atoms with Crippen molar-refractivity contribution in [3.8, 4) is 0 Å². The predicted octanol–water partition coefficient (Wildman–Crippen LogP) is 4.81. The summed E-state index contributed by atoms with van der Waals surface area (Å²) in [6.45, 7) is 12.2. The van der Waals surface area contributed by atoms with Gasteiger partial charge >= 0.3 is 0 Å². The van der Waals surface area contributed by atoms with Crippen molar-refractivity contribution in [1.29, 1.82) is 0 Å². The van der Waals surface area contributed by atoms with Crippen molar-refractivity contribution >= 4 is 0 Å². The van der Waals surface area contributed by atoms with E-state index in [2.05, 4.69) is 65.3 Å². The van der Waals surface area contributed by atoms with Crippen LogP contribution in [0.5, 0.6) is 0 Å². The SMILES string of the molecule is C=C1[C@@H](N(C)C)CC[C@]23C[C@]24CC[C@]2(C)[C@@H]([C@H](C)N(C)C)[C@H](O)C[C@@]2(C)[C@@H]4CC[C@@H]13. The molecule has 2 spiro atoms. The maximum Gasteiger partial charge on any atom is 0.0594 e. The molecular weight excluding hydrogens is 368 g/mol. The Morgan fingerprint density at radius 1 is 0.967 bits per heavy atom. The number of nitrogens with zero attached hydrogens (tertiary/aromatic N) is 2. The molecule has 0 aromatic heterocycles. The van der Waals surface area contributed by atoms with Crippen LogP contribution in [0.15, 0.2) is 12.2 Å². The summed E-state index contributed by atoms with van der Waals surface area (Å²) in [5.41, 5.74) is 3.15. The van der Waals surface area contributed by atoms with Gasteiger partial charge in [0.1, 0.15) is 0 Å². The number of hydrogen-bond acceptors (Lipinski definition) is 3. The van der Waals surface area contributed by atoms with E-state index in [-0.39, 0.29) is 16.9 Å². The standard InChI is InChI=1S/C27H46N2O/c1-17-19-9-10-22-25(4)15-21(30)23(18(2)28(5)6)24(25,3)13-14-27(22)16-26(19,27)12-11-20(17)29(7)8/h18-23,30H,1,9-16H2,2-8H3/t18-,19-,20-,21+,22-,23-,24+,25-,26+,27-/m0/s1. The third-order valence-electron chi connectivity index (χ3n) is 12.2. The third-order valence-corrected chi connectivity index (χ3v) is 12.2. The molecule has 0 aliphatic heterocycles. The van der Waals surface area contributed by atoms with Crippen molar-refractivity contribution in [1.82, 2.24) is 9.80 Å². The van der Waals surface area contributed by atoms with E-state index in [0.717, 1.165) is 18.3 Å². The highest BCUT2D eigenvalue weighted by molar-refractivity contribution is 5.35. The molecule has 5 rings (SSSR count). The number of fused-ring (bicyclic) bond motifs is 2. The van der Waals surface area contributed by atoms with Crippen LogP contribution < -0.4 is 0 Å². The zero-order valence-corrected chi connectivity index (χ0v) is 20.7. The van der Waals surface area contributed by atoms with Crippen LogP contribution in [-0.2, 0) is 0 Å². The van der Waals surface area contributed by atoms with Crippen molar-refractivity contribution in [2.45, 2.75) is 90.3 Å². The van der Waals surface area contributed by atoms with Gasteiger partial charge in [-0.2, -0.15) is 0 Å². The van der Waals surface area contributed by atoms with Crippen molar-refractivity contribution in [3.63, 3.8) is 0 Å². The molecule has 3 nitrogen and oxygen atoms in total. The van der Waals surface area contributed by atoms with Gasteiger partial charge in [0.25, 0.3) is 0 Å². The molecular formula is C27H46N2O. The molecule has 0 amide bonds. The molecule has 0 heterocycles. The number of rotatable bonds is 3. The second-order valence-corrected chi connectivity index (χ2v) is 13.1. The van der Waals surface area contributed by atoms with Gasteiger partial charge in [-0.1, -0.05) is 26.0 Å². The number of aliphatic hydroxyl groups is 1. The molecule has 0 aromatic carbocycles. The molecule has 5 aliphatic rings. The fraction of sp³-hybridized carbons (Fsp3) is 0.926. The van der Waals surface area contributed by atoms with Gasteiger partial charge in [0.2, 0.25) is 0 Å². The Hall–Kier alpha value is -0.380. The first-order valence-electron chi connectivity index (χ1n) is 12.6. The summed E-state index contributed by atoms with van der Waals surface area (Å²) < 4.78 is 0. The maximum absolute atomic E-state index is 11.4. The lowest BCUT2D eigenvalue weighted by Gasteiger charge is -2.62. The molecule has 170 valence electrons. The quantitative estimate of drug-likeness (QED) is 0.672. The smallest absolute Gasteiger partial charge is 0.0594 e. The normalized spacial score (nSPS) is 55.7. The minimum atomic E-state index is -0.153. The van der Waals surface area contributed by atoms with Crippen LogP contribution in [0.1, 0.15) is 72.1 Å². The average Bonchev–Trinajstić information content (AvgIpc) is 3.26. The fourth-order valence-electron chi connectivity index (χ4n) is 10.5. The predicted molar refractivity (Wildman–Crippen MR) is 124 cm³/mol. The van der Waals surface area contributed by atoms with E-state index in [1.807, 2.05) is 0 Å². The zero-order chi connectivity index (χ0) is 21.9. The average molecular weight is 415 g/mol. The Labute approximate surface area is 185 Å². The minimum absolute atomic E-state index is 0.153. The van der Waals surface area contributed by atoms with Gasteiger partial charge in [-0.15, -0.1) is 0 Å². The molecule has 30 heavy (non-hydrogen) atoms. The molecule has 0 saturated heterocycles. The van der Waals surface area contributed by atoms with Gasteiger partial charge in [0.15, 0.2) is 0 Å². The summed E-state index contributed by atoms with van der Waals surface area (Å²) in [7, 11) is 8.86. The minimum Gasteiger partial charge on any atom is -0.393 e. The highest BCUT2D eigenvalue weighted by Crippen LogP contribution is 2.88. The molecule has 5 fully saturated rings. The fourth-order valence-corrected chi connectivity index (χ4v) is 10.5. The number of aliphatic hydroxyl groups excluding tert-OH is 1. The van der Waals surface area contributed by atoms with Crippen LogP contribution in [0.4, 0.5) is 0 Å². The van der Waals surface area contributed by atoms with Crippen LogP contribution >= 0.6 is 0 Å². The van der Waals surface area contributed by atoms with Gasteiger partial charge in [0, 0.05) is 18.0 Å². The number of hydrogen-bond donors (Lipinski definition) is 1. The van der Waals surface area contributed by atoms with Gasteiger partial charge in [-0.05, 0) is 120 Å². The summed E-state index contributed by atoms with van der Waals surface area (Å²) in [5, 5.41) is 11.4. The molecule has 1 N–H and O–H groups in total. The summed E-state index contributed by atoms with van der Waals surface area (Å²) in [5.74, 6) is 1.92. The molecule has 5 aliphatic carbocycles. The topological polar surface area (TPSA) is 26.7 Å². The first kappa shape index (κ1) is 21.5. The first-order chi connectivity index (χ1) is 14.0. The van der Waals surface area contributed by atoms with Crippen molar-refractivity contribution in [2.75, 3.05) is 28.2 Å². The monoisotopic (exact) mass is 414 g/mol. The highest BCUT2D eigenvalue weighted by Gasteiger charge is 2.81. The highest BCUT2D eigenvalue weighted by atomic mass is 16.3. The van der Waals surface area contributed by atoms with E-state index >= 15 is 0 Å². The molecule has 10 atom stereocenters. The zero-order valence-electron chi connectivity index (χ0n) is 20.7. The van der Waals surface area contributed by atoms with E-state index in [0.29, 0.717) is 28.8 Å². The van der Waals surface area contributed by atoms with E-state index in [1.165, 1.54) is 44.9 Å². The Morgan fingerprint density at radius 2 is 1.67 bits per heavy atom. The lowest BCUT2D eigenvalue weighted by Crippen LogP contribution is -2.57. The Bertz CT molecular complexity index is 747. The molecule has 5 saturated carbocycles. The summed E-state index contributed by atoms with van der Waals surface area (Å²) in [6.07, 6.45) is 10.4. The molecule has 0 aromatic rings. The van der Waals surface area contributed by atoms with E-state index in [1.54, 1.807) is 5.57 Å². The Balaban J connectivity index is 1.49. The lowest BCUT2D eigenvalue weighted by molar-refractivity contribution is -0.126. The van der Waals surface area contributed by atoms with Crippen LogP contribution in [0, 0.1) is 39.4 Å². The molecule has 3 heteroatoms. The lowest BCUT2D eigenvalue weighted by atomic mass is 9.43. The third kappa shape index (κ3) is 2.28. The molecule has 0 radical (unpaired) electrons. The van der Waals surface area contributed by atoms with Crippen LogP contribution in [0.3, 0.4) is 0 Å². The van der Waals surface area contributed by atoms with Gasteiger partial charge in [-0.25, -0.2) is 0 Å². The maximum atomic E-state index is 11.4. The van der Waals surface area contributed by atoms with Crippen LogP contribution in [0.25, 0.3) is 0 Å². The Kier molecular flexibility index (Phi) is 4.55. The van der Waals surface area contributed by atoms with Crippen LogP contribution in [0.2, 0.25) is 0 Å². The summed E-state index contributed by atoms with van der Waals surface area (Å²) in [6, 6.07) is 1.01. The number of likely N-dealkylation sites (N-methyl/N-ethyl adjacent to an activating group) is 1. The van der Waals surface area contributed by atoms with Crippen molar-refractivity contribution in [3.05, 3.63) is 12.2 Å². The van der Waals surface area contributed by atoms with Gasteiger partial charge < -0.3 is 14.9 Å². The van der Waals surface area contributed by atoms with E-state index in [9.17, 15) is 5.11 Å². The van der Waals surface area contributed by atoms with E-state index < -0.39 is 0 Å². The van der Waals surface area contributed by atoms with Gasteiger partial charge in [0.05, 0.1) is 6.10 Å². The van der Waals surface area contributed by atoms with E-state index in [4.69, 9.17) is 0 Å². The van der Waals surface area contributed by atoms with Crippen molar-refractivity contribution in [2.24, 2.45) is 39.4 Å². The second kappa shape index (κ2) is 6.35. The summed E-state index contributed by atoms with van der Waals surface area (Å²) in [4.78, 5) is 4.76. The largest absolute Gasteiger partial charge is 0.393 e. The second-order valence-electron chi connectivity index (χ2n) is 13.1. The first-order valence-corrected chi connectivity index (χ1v) is 12.6. The molecule has 0 bridgehead atoms. The van der Waals surface area contributed by atoms with Crippen molar-refractivity contribution < 1.29 is 5.11 Å². The Morgan fingerprint density at radius 3 is 2.30 bits per heavy atom.